The van der Waals surface area contributed by atoms with Gasteiger partial charge in [-0.05, 0) is 72.1 Å². The Morgan fingerprint density at radius 3 is 2.81 bits per heavy atom. The van der Waals surface area contributed by atoms with Gasteiger partial charge in [-0.2, -0.15) is 0 Å². The van der Waals surface area contributed by atoms with Crippen LogP contribution in [0.2, 0.25) is 0 Å². The van der Waals surface area contributed by atoms with Gasteiger partial charge in [0.25, 0.3) is 0 Å². The number of nitrogens with zero attached hydrogens (tertiary/aromatic N) is 1. The van der Waals surface area contributed by atoms with Gasteiger partial charge in [0, 0.05) is 23.5 Å². The second-order valence-corrected chi connectivity index (χ2v) is 8.29. The second kappa shape index (κ2) is 6.11. The molecule has 0 fully saturated rings. The maximum Gasteiger partial charge on any atom is 0.120 e. The normalized spacial score (nSPS) is 15.0. The number of thiophene rings is 1. The zero-order valence-electron chi connectivity index (χ0n) is 12.7. The predicted octanol–water partition coefficient (Wildman–Crippen LogP) is 4.69. The van der Waals surface area contributed by atoms with E-state index in [4.69, 9.17) is 4.74 Å². The maximum absolute atomic E-state index is 6.02. The molecule has 1 aliphatic heterocycles. The third kappa shape index (κ3) is 3.17. The van der Waals surface area contributed by atoms with Crippen molar-refractivity contribution >= 4 is 27.3 Å². The van der Waals surface area contributed by atoms with E-state index in [-0.39, 0.29) is 0 Å². The lowest BCUT2D eigenvalue weighted by Crippen LogP contribution is -2.26. The number of hydrogen-bond donors (Lipinski definition) is 0. The van der Waals surface area contributed by atoms with Crippen LogP contribution < -0.4 is 4.74 Å². The first-order valence-electron chi connectivity index (χ1n) is 7.22. The van der Waals surface area contributed by atoms with E-state index in [0.717, 1.165) is 25.3 Å². The molecule has 0 atom stereocenters. The summed E-state index contributed by atoms with van der Waals surface area (Å²) >= 11 is 5.43. The summed E-state index contributed by atoms with van der Waals surface area (Å²) in [5.41, 5.74) is 5.48. The van der Waals surface area contributed by atoms with Crippen LogP contribution in [0.25, 0.3) is 0 Å². The molecule has 4 heteroatoms. The van der Waals surface area contributed by atoms with Crippen molar-refractivity contribution in [3.8, 4) is 5.75 Å². The lowest BCUT2D eigenvalue weighted by molar-refractivity contribution is 0.298. The van der Waals surface area contributed by atoms with Crippen LogP contribution in [0.1, 0.15) is 27.1 Å². The van der Waals surface area contributed by atoms with Gasteiger partial charge in [0.2, 0.25) is 0 Å². The third-order valence-corrected chi connectivity index (χ3v) is 6.23. The van der Waals surface area contributed by atoms with E-state index in [9.17, 15) is 0 Å². The van der Waals surface area contributed by atoms with Crippen LogP contribution in [0.15, 0.2) is 22.0 Å². The SMILES string of the molecule is Cc1sc(Br)c(COc2ccc3c(c2)CCN(C)C3)c1C. The van der Waals surface area contributed by atoms with Gasteiger partial charge in [0.05, 0.1) is 3.79 Å². The molecule has 1 aromatic carbocycles. The van der Waals surface area contributed by atoms with Crippen molar-refractivity contribution in [1.29, 1.82) is 0 Å². The van der Waals surface area contributed by atoms with Gasteiger partial charge in [-0.3, -0.25) is 0 Å². The van der Waals surface area contributed by atoms with Crippen LogP contribution >= 0.6 is 27.3 Å². The van der Waals surface area contributed by atoms with Crippen molar-refractivity contribution in [2.45, 2.75) is 33.4 Å². The average molecular weight is 366 g/mol. The molecule has 0 N–H and O–H groups in total. The standard InChI is InChI=1S/C17H20BrNOS/c1-11-12(2)21-17(18)16(11)10-20-15-5-4-14-9-19(3)7-6-13(14)8-15/h4-5,8H,6-7,9-10H2,1-3H3. The van der Waals surface area contributed by atoms with Gasteiger partial charge < -0.3 is 9.64 Å². The second-order valence-electron chi connectivity index (χ2n) is 5.74. The fourth-order valence-electron chi connectivity index (χ4n) is 2.71. The summed E-state index contributed by atoms with van der Waals surface area (Å²) in [5, 5.41) is 0. The lowest BCUT2D eigenvalue weighted by Gasteiger charge is -2.25. The Bertz CT molecular complexity index is 665. The molecule has 0 bridgehead atoms. The molecule has 1 aliphatic rings. The minimum atomic E-state index is 0.634. The zero-order valence-corrected chi connectivity index (χ0v) is 15.1. The van der Waals surface area contributed by atoms with E-state index in [1.165, 1.54) is 30.9 Å². The average Bonchev–Trinajstić information content (AvgIpc) is 2.70. The van der Waals surface area contributed by atoms with Gasteiger partial charge in [0.1, 0.15) is 12.4 Å². The van der Waals surface area contributed by atoms with Crippen LogP contribution in [0, 0.1) is 13.8 Å². The summed E-state index contributed by atoms with van der Waals surface area (Å²) in [6.45, 7) is 7.13. The Morgan fingerprint density at radius 2 is 2.10 bits per heavy atom. The monoisotopic (exact) mass is 365 g/mol. The van der Waals surface area contributed by atoms with Gasteiger partial charge >= 0.3 is 0 Å². The maximum atomic E-state index is 6.02. The highest BCUT2D eigenvalue weighted by atomic mass is 79.9. The Morgan fingerprint density at radius 1 is 1.29 bits per heavy atom. The highest BCUT2D eigenvalue weighted by Crippen LogP contribution is 2.33. The van der Waals surface area contributed by atoms with Crippen molar-refractivity contribution in [1.82, 2.24) is 4.90 Å². The van der Waals surface area contributed by atoms with Gasteiger partial charge in [0.15, 0.2) is 0 Å². The highest BCUT2D eigenvalue weighted by Gasteiger charge is 2.15. The summed E-state index contributed by atoms with van der Waals surface area (Å²) in [7, 11) is 2.17. The minimum Gasteiger partial charge on any atom is -0.489 e. The molecule has 2 aromatic rings. The predicted molar refractivity (Wildman–Crippen MR) is 92.3 cm³/mol. The van der Waals surface area contributed by atoms with Crippen LogP contribution in [-0.2, 0) is 19.6 Å². The number of ether oxygens (including phenoxy) is 1. The Hall–Kier alpha value is -0.840. The molecular formula is C17H20BrNOS. The van der Waals surface area contributed by atoms with Crippen LogP contribution in [0.3, 0.4) is 0 Å². The van der Waals surface area contributed by atoms with E-state index in [0.29, 0.717) is 6.61 Å². The number of aryl methyl sites for hydroxylation is 1. The van der Waals surface area contributed by atoms with E-state index in [1.807, 2.05) is 0 Å². The lowest BCUT2D eigenvalue weighted by atomic mass is 10.00. The van der Waals surface area contributed by atoms with E-state index >= 15 is 0 Å². The van der Waals surface area contributed by atoms with Crippen molar-refractivity contribution in [2.24, 2.45) is 0 Å². The third-order valence-electron chi connectivity index (χ3n) is 4.22. The summed E-state index contributed by atoms with van der Waals surface area (Å²) < 4.78 is 7.21. The first-order chi connectivity index (χ1) is 10.0. The van der Waals surface area contributed by atoms with Crippen LogP contribution in [-0.4, -0.2) is 18.5 Å². The molecule has 2 heterocycles. The Balaban J connectivity index is 1.74. The molecule has 0 saturated heterocycles. The number of hydrogen-bond acceptors (Lipinski definition) is 3. The van der Waals surface area contributed by atoms with Crippen molar-refractivity contribution in [3.05, 3.63) is 49.1 Å². The summed E-state index contributed by atoms with van der Waals surface area (Å²) in [6, 6.07) is 6.52. The van der Waals surface area contributed by atoms with Crippen molar-refractivity contribution in [3.63, 3.8) is 0 Å². The summed E-state index contributed by atoms with van der Waals surface area (Å²) in [4.78, 5) is 3.71. The smallest absolute Gasteiger partial charge is 0.120 e. The largest absolute Gasteiger partial charge is 0.489 e. The molecule has 112 valence electrons. The Labute approximate surface area is 138 Å². The molecule has 0 radical (unpaired) electrons. The van der Waals surface area contributed by atoms with Gasteiger partial charge in [-0.25, -0.2) is 0 Å². The molecule has 2 nitrogen and oxygen atoms in total. The van der Waals surface area contributed by atoms with Crippen molar-refractivity contribution < 1.29 is 4.74 Å². The van der Waals surface area contributed by atoms with E-state index in [2.05, 4.69) is 59.9 Å². The highest BCUT2D eigenvalue weighted by molar-refractivity contribution is 9.11. The van der Waals surface area contributed by atoms with E-state index < -0.39 is 0 Å². The van der Waals surface area contributed by atoms with Crippen LogP contribution in [0.4, 0.5) is 0 Å². The topological polar surface area (TPSA) is 12.5 Å². The first-order valence-corrected chi connectivity index (χ1v) is 8.83. The fourth-order valence-corrected chi connectivity index (χ4v) is 4.73. The number of halogens is 1. The number of likely N-dealkylation sites (N-methyl/N-ethyl adjacent to an activating group) is 1. The Kier molecular flexibility index (Phi) is 4.38. The minimum absolute atomic E-state index is 0.634. The molecule has 0 amide bonds. The first kappa shape index (κ1) is 15.1. The summed E-state index contributed by atoms with van der Waals surface area (Å²) in [6.07, 6.45) is 1.11. The quantitative estimate of drug-likeness (QED) is 0.781. The van der Waals surface area contributed by atoms with Crippen LogP contribution in [0.5, 0.6) is 5.75 Å². The van der Waals surface area contributed by atoms with Gasteiger partial charge in [-0.15, -0.1) is 11.3 Å². The van der Waals surface area contributed by atoms with E-state index in [1.54, 1.807) is 11.3 Å². The zero-order chi connectivity index (χ0) is 15.0. The molecule has 0 saturated carbocycles. The summed E-state index contributed by atoms with van der Waals surface area (Å²) in [5.74, 6) is 0.980. The number of benzene rings is 1. The molecule has 0 aliphatic carbocycles. The molecule has 3 rings (SSSR count). The molecule has 0 unspecified atom stereocenters. The van der Waals surface area contributed by atoms with Gasteiger partial charge in [-0.1, -0.05) is 6.07 Å². The fraction of sp³-hybridized carbons (Fsp3) is 0.412. The molecule has 1 aromatic heterocycles. The molecular weight excluding hydrogens is 346 g/mol. The molecule has 21 heavy (non-hydrogen) atoms. The number of rotatable bonds is 3. The molecule has 0 spiro atoms. The number of fused-ring (bicyclic) bond motifs is 1. The van der Waals surface area contributed by atoms with Crippen molar-refractivity contribution in [2.75, 3.05) is 13.6 Å².